The highest BCUT2D eigenvalue weighted by Gasteiger charge is 2.19. The largest absolute Gasteiger partial charge is 0.499 e. The minimum Gasteiger partial charge on any atom is -0.499 e. The van der Waals surface area contributed by atoms with Gasteiger partial charge in [0.25, 0.3) is 0 Å². The van der Waals surface area contributed by atoms with Gasteiger partial charge >= 0.3 is 5.63 Å². The monoisotopic (exact) mass is 376 g/mol. The lowest BCUT2D eigenvalue weighted by atomic mass is 10.1. The maximum Gasteiger partial charge on any atom is 0.382 e. The molecule has 1 aromatic carbocycles. The van der Waals surface area contributed by atoms with Crippen molar-refractivity contribution in [1.82, 2.24) is 0 Å². The second kappa shape index (κ2) is 10.9. The van der Waals surface area contributed by atoms with Gasteiger partial charge in [-0.2, -0.15) is 0 Å². The Kier molecular flexibility index (Phi) is 8.49. The molecule has 150 valence electrons. The summed E-state index contributed by atoms with van der Waals surface area (Å²) in [4.78, 5) is 11.9. The fourth-order valence-electron chi connectivity index (χ4n) is 3.08. The highest BCUT2D eigenvalue weighted by atomic mass is 16.5. The van der Waals surface area contributed by atoms with Gasteiger partial charge in [-0.25, -0.2) is 4.79 Å². The number of hydrogen-bond donors (Lipinski definition) is 1. The smallest absolute Gasteiger partial charge is 0.382 e. The first kappa shape index (κ1) is 21.1. The molecule has 1 heterocycles. The molecule has 5 nitrogen and oxygen atoms in total. The van der Waals surface area contributed by atoms with Crippen LogP contribution in [-0.2, 0) is 0 Å². The number of hydrogen-bond acceptors (Lipinski definition) is 5. The summed E-state index contributed by atoms with van der Waals surface area (Å²) in [5, 5.41) is 10.7. The summed E-state index contributed by atoms with van der Waals surface area (Å²) in [6, 6.07) is 5.21. The van der Waals surface area contributed by atoms with Crippen molar-refractivity contribution in [2.75, 3.05) is 6.61 Å². The van der Waals surface area contributed by atoms with Crippen LogP contribution in [-0.4, -0.2) is 17.8 Å². The van der Waals surface area contributed by atoms with Gasteiger partial charge < -0.3 is 19.0 Å². The second-order valence-electron chi connectivity index (χ2n) is 7.19. The van der Waals surface area contributed by atoms with Crippen LogP contribution in [0, 0.1) is 0 Å². The SMILES string of the molecule is CCCCCCCCCCOc1c(O)c(=O)oc2cccc(OC(C)C)c12. The van der Waals surface area contributed by atoms with E-state index in [-0.39, 0.29) is 11.9 Å². The van der Waals surface area contributed by atoms with Crippen molar-refractivity contribution in [2.24, 2.45) is 0 Å². The lowest BCUT2D eigenvalue weighted by Crippen LogP contribution is -2.09. The van der Waals surface area contributed by atoms with Crippen molar-refractivity contribution in [2.45, 2.75) is 78.2 Å². The Morgan fingerprint density at radius 2 is 1.70 bits per heavy atom. The summed E-state index contributed by atoms with van der Waals surface area (Å²) in [6.07, 6.45) is 9.50. The first-order valence-corrected chi connectivity index (χ1v) is 10.1. The van der Waals surface area contributed by atoms with Crippen LogP contribution >= 0.6 is 0 Å². The van der Waals surface area contributed by atoms with Crippen molar-refractivity contribution in [3.63, 3.8) is 0 Å². The molecule has 0 aliphatic rings. The summed E-state index contributed by atoms with van der Waals surface area (Å²) >= 11 is 0. The van der Waals surface area contributed by atoms with Crippen molar-refractivity contribution in [3.05, 3.63) is 28.6 Å². The normalized spacial score (nSPS) is 11.3. The molecule has 0 atom stereocenters. The Bertz CT molecular complexity index is 763. The molecule has 0 saturated carbocycles. The van der Waals surface area contributed by atoms with E-state index in [1.165, 1.54) is 38.5 Å². The highest BCUT2D eigenvalue weighted by molar-refractivity contribution is 5.91. The van der Waals surface area contributed by atoms with E-state index in [9.17, 15) is 9.90 Å². The van der Waals surface area contributed by atoms with Gasteiger partial charge in [-0.1, -0.05) is 57.9 Å². The van der Waals surface area contributed by atoms with Gasteiger partial charge in [-0.05, 0) is 32.4 Å². The van der Waals surface area contributed by atoms with E-state index >= 15 is 0 Å². The van der Waals surface area contributed by atoms with E-state index in [1.54, 1.807) is 18.2 Å². The zero-order chi connectivity index (χ0) is 19.6. The second-order valence-corrected chi connectivity index (χ2v) is 7.19. The van der Waals surface area contributed by atoms with Crippen molar-refractivity contribution in [3.8, 4) is 17.2 Å². The Labute approximate surface area is 161 Å². The molecule has 2 aromatic rings. The first-order valence-electron chi connectivity index (χ1n) is 10.1. The molecule has 2 rings (SSSR count). The summed E-state index contributed by atoms with van der Waals surface area (Å²) in [7, 11) is 0. The Hall–Kier alpha value is -2.17. The average molecular weight is 376 g/mol. The van der Waals surface area contributed by atoms with E-state index in [2.05, 4.69) is 6.92 Å². The van der Waals surface area contributed by atoms with Gasteiger partial charge in [0, 0.05) is 0 Å². The lowest BCUT2D eigenvalue weighted by Gasteiger charge is -2.15. The number of aromatic hydroxyl groups is 1. The highest BCUT2D eigenvalue weighted by Crippen LogP contribution is 2.38. The van der Waals surface area contributed by atoms with E-state index in [0.717, 1.165) is 12.8 Å². The standard InChI is InChI=1S/C22H32O5/c1-4-5-6-7-8-9-10-11-15-25-21-19-17(26-16(2)3)13-12-14-18(19)27-22(24)20(21)23/h12-14,16,23H,4-11,15H2,1-3H3. The fourth-order valence-corrected chi connectivity index (χ4v) is 3.08. The molecule has 0 unspecified atom stereocenters. The van der Waals surface area contributed by atoms with Crippen LogP contribution in [0.4, 0.5) is 0 Å². The Morgan fingerprint density at radius 1 is 1.04 bits per heavy atom. The van der Waals surface area contributed by atoms with E-state index in [0.29, 0.717) is 23.3 Å². The Balaban J connectivity index is 2.02. The molecule has 5 heteroatoms. The minimum absolute atomic E-state index is 0.0507. The van der Waals surface area contributed by atoms with Crippen LogP contribution in [0.3, 0.4) is 0 Å². The van der Waals surface area contributed by atoms with Crippen molar-refractivity contribution in [1.29, 1.82) is 0 Å². The third-order valence-corrected chi connectivity index (χ3v) is 4.43. The molecule has 27 heavy (non-hydrogen) atoms. The molecular formula is C22H32O5. The lowest BCUT2D eigenvalue weighted by molar-refractivity contribution is 0.242. The summed E-state index contributed by atoms with van der Waals surface area (Å²) in [5.74, 6) is 0.190. The van der Waals surface area contributed by atoms with E-state index in [1.807, 2.05) is 13.8 Å². The van der Waals surface area contributed by atoms with Crippen molar-refractivity contribution < 1.29 is 19.0 Å². The molecule has 1 N–H and O–H groups in total. The quantitative estimate of drug-likeness (QED) is 0.374. The van der Waals surface area contributed by atoms with Crippen LogP contribution < -0.4 is 15.1 Å². The molecule has 0 fully saturated rings. The molecule has 0 radical (unpaired) electrons. The maximum absolute atomic E-state index is 11.9. The third-order valence-electron chi connectivity index (χ3n) is 4.43. The van der Waals surface area contributed by atoms with Gasteiger partial charge in [0.15, 0.2) is 5.75 Å². The zero-order valence-electron chi connectivity index (χ0n) is 16.8. The van der Waals surface area contributed by atoms with Crippen LogP contribution in [0.5, 0.6) is 17.2 Å². The number of rotatable bonds is 12. The van der Waals surface area contributed by atoms with Gasteiger partial charge in [0.05, 0.1) is 12.7 Å². The molecule has 0 aliphatic heterocycles. The van der Waals surface area contributed by atoms with Crippen LogP contribution in [0.25, 0.3) is 11.0 Å². The Morgan fingerprint density at radius 3 is 2.37 bits per heavy atom. The average Bonchev–Trinajstić information content (AvgIpc) is 2.63. The van der Waals surface area contributed by atoms with E-state index in [4.69, 9.17) is 13.9 Å². The number of unbranched alkanes of at least 4 members (excludes halogenated alkanes) is 7. The number of benzene rings is 1. The van der Waals surface area contributed by atoms with Crippen LogP contribution in [0.1, 0.15) is 72.1 Å². The predicted molar refractivity (Wildman–Crippen MR) is 108 cm³/mol. The van der Waals surface area contributed by atoms with Gasteiger partial charge in [-0.3, -0.25) is 0 Å². The van der Waals surface area contributed by atoms with E-state index < -0.39 is 11.4 Å². The van der Waals surface area contributed by atoms with Gasteiger partial charge in [0.2, 0.25) is 5.75 Å². The zero-order valence-corrected chi connectivity index (χ0v) is 16.8. The molecular weight excluding hydrogens is 344 g/mol. The van der Waals surface area contributed by atoms with Gasteiger partial charge in [-0.15, -0.1) is 0 Å². The topological polar surface area (TPSA) is 68.9 Å². The molecule has 0 amide bonds. The minimum atomic E-state index is -0.796. The summed E-state index contributed by atoms with van der Waals surface area (Å²) < 4.78 is 16.8. The predicted octanol–water partition coefficient (Wildman–Crippen LogP) is 5.81. The molecule has 0 spiro atoms. The van der Waals surface area contributed by atoms with Crippen LogP contribution in [0.2, 0.25) is 0 Å². The first-order chi connectivity index (χ1) is 13.0. The molecule has 0 bridgehead atoms. The summed E-state index contributed by atoms with van der Waals surface area (Å²) in [5.41, 5.74) is -0.447. The van der Waals surface area contributed by atoms with Crippen molar-refractivity contribution >= 4 is 11.0 Å². The van der Waals surface area contributed by atoms with Gasteiger partial charge in [0.1, 0.15) is 16.7 Å². The third kappa shape index (κ3) is 6.19. The van der Waals surface area contributed by atoms with Crippen LogP contribution in [0.15, 0.2) is 27.4 Å². The molecule has 1 aromatic heterocycles. The number of ether oxygens (including phenoxy) is 2. The number of fused-ring (bicyclic) bond motifs is 1. The fraction of sp³-hybridized carbons (Fsp3) is 0.591. The molecule has 0 saturated heterocycles. The maximum atomic E-state index is 11.9. The summed E-state index contributed by atoms with van der Waals surface area (Å²) in [6.45, 7) is 6.49. The molecule has 0 aliphatic carbocycles.